The van der Waals surface area contributed by atoms with Crippen molar-refractivity contribution >= 4 is 6.09 Å². The number of carbonyl (C=O) groups is 1. The number of carbonyl (C=O) groups excluding carboxylic acids is 1. The van der Waals surface area contributed by atoms with Gasteiger partial charge >= 0.3 is 24.6 Å². The number of nitrogens with zero attached hydrogens (tertiary/aromatic N) is 1. The Morgan fingerprint density at radius 1 is 0.909 bits per heavy atom. The van der Waals surface area contributed by atoms with Gasteiger partial charge in [0.1, 0.15) is 17.7 Å². The molecule has 1 aliphatic heterocycles. The van der Waals surface area contributed by atoms with Crippen molar-refractivity contribution in [2.24, 2.45) is 0 Å². The zero-order chi connectivity index (χ0) is 34.7. The molecule has 3 aromatic carbocycles. The summed E-state index contributed by atoms with van der Waals surface area (Å²) in [4.78, 5) is 13.8. The fraction of sp³-hybridized carbons (Fsp3) is 0.367. The SMILES string of the molecule is [2H]c1cc(-c2cc(C(C)C)c(F)cc2OC)c(CN2C(=O)O[C@H](c3cc(C(F)(F)F)cc(C(F)(F)F)c3)[C@@H]2C)c([2H])c1C(F)(F)F. The van der Waals surface area contributed by atoms with E-state index in [9.17, 15) is 48.7 Å². The average Bonchev–Trinajstić information content (AvgIpc) is 3.20. The molecule has 3 aromatic rings. The molecule has 1 heterocycles. The molecule has 4 nitrogen and oxygen atoms in total. The fourth-order valence-corrected chi connectivity index (χ4v) is 4.87. The normalized spacial score (nSPS) is 18.4. The van der Waals surface area contributed by atoms with E-state index in [-0.39, 0.29) is 28.5 Å². The van der Waals surface area contributed by atoms with Gasteiger partial charge in [-0.15, -0.1) is 0 Å². The summed E-state index contributed by atoms with van der Waals surface area (Å²) in [5.74, 6) is -1.32. The topological polar surface area (TPSA) is 38.8 Å². The van der Waals surface area contributed by atoms with Crippen LogP contribution in [0.5, 0.6) is 5.75 Å². The summed E-state index contributed by atoms with van der Waals surface area (Å²) in [6.07, 6.45) is -18.6. The van der Waals surface area contributed by atoms with Crippen LogP contribution in [0.2, 0.25) is 0 Å². The molecule has 0 saturated carbocycles. The minimum absolute atomic E-state index is 0.0252. The number of hydrogen-bond donors (Lipinski definition) is 0. The predicted molar refractivity (Wildman–Crippen MR) is 138 cm³/mol. The minimum atomic E-state index is -5.21. The third-order valence-electron chi connectivity index (χ3n) is 7.14. The molecule has 1 saturated heterocycles. The molecule has 2 atom stereocenters. The fourth-order valence-electron chi connectivity index (χ4n) is 4.87. The van der Waals surface area contributed by atoms with E-state index in [0.717, 1.165) is 24.1 Å². The molecule has 44 heavy (non-hydrogen) atoms. The Hall–Kier alpha value is -3.97. The van der Waals surface area contributed by atoms with Crippen molar-refractivity contribution in [3.8, 4) is 16.9 Å². The Balaban J connectivity index is 1.89. The largest absolute Gasteiger partial charge is 0.496 e. The quantitative estimate of drug-likeness (QED) is 0.252. The molecule has 0 spiro atoms. The number of halogens is 10. The maximum atomic E-state index is 14.8. The van der Waals surface area contributed by atoms with E-state index in [1.165, 1.54) is 13.0 Å². The number of methoxy groups -OCH3 is 1. The maximum Gasteiger partial charge on any atom is 0.416 e. The highest BCUT2D eigenvalue weighted by Gasteiger charge is 2.44. The highest BCUT2D eigenvalue weighted by atomic mass is 19.4. The van der Waals surface area contributed by atoms with Gasteiger partial charge in [-0.1, -0.05) is 19.9 Å². The van der Waals surface area contributed by atoms with Crippen LogP contribution in [0.4, 0.5) is 48.7 Å². The van der Waals surface area contributed by atoms with Crippen LogP contribution in [0.15, 0.2) is 48.5 Å². The lowest BCUT2D eigenvalue weighted by Crippen LogP contribution is -2.32. The molecule has 0 radical (unpaired) electrons. The Bertz CT molecular complexity index is 1640. The predicted octanol–water partition coefficient (Wildman–Crippen LogP) is 9.76. The lowest BCUT2D eigenvalue weighted by Gasteiger charge is -2.24. The summed E-state index contributed by atoms with van der Waals surface area (Å²) in [7, 11) is 1.15. The van der Waals surface area contributed by atoms with Crippen LogP contribution < -0.4 is 4.74 Å². The van der Waals surface area contributed by atoms with Gasteiger partial charge in [-0.2, -0.15) is 39.5 Å². The van der Waals surface area contributed by atoms with Crippen LogP contribution in [-0.4, -0.2) is 24.1 Å². The molecule has 0 aromatic heterocycles. The van der Waals surface area contributed by atoms with E-state index in [1.807, 2.05) is 0 Å². The molecule has 0 bridgehead atoms. The third kappa shape index (κ3) is 6.58. The molecule has 0 unspecified atom stereocenters. The number of cyclic esters (lactones) is 1. The van der Waals surface area contributed by atoms with E-state index in [4.69, 9.17) is 12.2 Å². The molecule has 0 aliphatic carbocycles. The first-order chi connectivity index (χ1) is 21.1. The van der Waals surface area contributed by atoms with Crippen molar-refractivity contribution < 1.29 is 60.9 Å². The van der Waals surface area contributed by atoms with Gasteiger partial charge in [0.15, 0.2) is 0 Å². The van der Waals surface area contributed by atoms with Crippen molar-refractivity contribution in [2.45, 2.75) is 63.9 Å². The molecular weight excluding hydrogens is 612 g/mol. The van der Waals surface area contributed by atoms with Gasteiger partial charge in [0.25, 0.3) is 0 Å². The zero-order valence-electron chi connectivity index (χ0n) is 25.4. The maximum absolute atomic E-state index is 14.8. The van der Waals surface area contributed by atoms with Crippen molar-refractivity contribution in [3.63, 3.8) is 0 Å². The van der Waals surface area contributed by atoms with E-state index in [1.54, 1.807) is 13.8 Å². The number of alkyl halides is 9. The van der Waals surface area contributed by atoms with Crippen molar-refractivity contribution in [1.29, 1.82) is 0 Å². The van der Waals surface area contributed by atoms with E-state index < -0.39 is 94.9 Å². The molecule has 0 N–H and O–H groups in total. The molecule has 4 rings (SSSR count). The van der Waals surface area contributed by atoms with E-state index in [0.29, 0.717) is 12.1 Å². The standard InChI is InChI=1S/C30H25F10NO3/c1-14(2)22-11-23(25(43-4)12-24(22)31)21-6-5-18(28(32,33)34)9-17(21)13-41-15(3)26(44-27(41)42)16-7-19(29(35,36)37)10-20(8-16)30(38,39)40/h5-12,14-15,26H,13H2,1-4H3/t15-,26-/m0/s1/i5D,9D. The van der Waals surface area contributed by atoms with Crippen molar-refractivity contribution in [1.82, 2.24) is 4.90 Å². The molecule has 238 valence electrons. The Morgan fingerprint density at radius 2 is 1.48 bits per heavy atom. The summed E-state index contributed by atoms with van der Waals surface area (Å²) in [6.45, 7) is 3.62. The highest BCUT2D eigenvalue weighted by molar-refractivity contribution is 5.76. The first-order valence-electron chi connectivity index (χ1n) is 13.9. The summed E-state index contributed by atoms with van der Waals surface area (Å²) in [6, 6.07) is -0.0545. The van der Waals surface area contributed by atoms with Crippen molar-refractivity contribution in [3.05, 3.63) is 87.7 Å². The molecule has 1 fully saturated rings. The first-order valence-corrected chi connectivity index (χ1v) is 12.9. The van der Waals surface area contributed by atoms with Gasteiger partial charge in [-0.25, -0.2) is 9.18 Å². The Morgan fingerprint density at radius 3 is 1.98 bits per heavy atom. The number of ether oxygens (including phenoxy) is 2. The second-order valence-corrected chi connectivity index (χ2v) is 10.4. The van der Waals surface area contributed by atoms with Crippen LogP contribution >= 0.6 is 0 Å². The van der Waals surface area contributed by atoms with Gasteiger partial charge in [0.05, 0.1) is 39.1 Å². The van der Waals surface area contributed by atoms with Gasteiger partial charge in [0.2, 0.25) is 0 Å². The first kappa shape index (κ1) is 30.1. The second-order valence-electron chi connectivity index (χ2n) is 10.4. The Labute approximate surface area is 248 Å². The highest BCUT2D eigenvalue weighted by Crippen LogP contribution is 2.43. The van der Waals surface area contributed by atoms with Crippen LogP contribution in [0, 0.1) is 5.82 Å². The minimum Gasteiger partial charge on any atom is -0.496 e. The number of hydrogen-bond acceptors (Lipinski definition) is 3. The van der Waals surface area contributed by atoms with Gasteiger partial charge < -0.3 is 9.47 Å². The number of rotatable bonds is 6. The summed E-state index contributed by atoms with van der Waals surface area (Å²) < 4.78 is 165. The summed E-state index contributed by atoms with van der Waals surface area (Å²) in [5, 5.41) is 0. The van der Waals surface area contributed by atoms with Crippen LogP contribution in [0.1, 0.15) is 68.9 Å². The lowest BCUT2D eigenvalue weighted by molar-refractivity contribution is -0.143. The smallest absolute Gasteiger partial charge is 0.416 e. The molecule has 14 heteroatoms. The molecule has 1 amide bonds. The average molecular weight is 640 g/mol. The van der Waals surface area contributed by atoms with Gasteiger partial charge in [-0.3, -0.25) is 4.90 Å². The van der Waals surface area contributed by atoms with Crippen LogP contribution in [0.25, 0.3) is 11.1 Å². The van der Waals surface area contributed by atoms with E-state index >= 15 is 0 Å². The molecule has 1 aliphatic rings. The summed E-state index contributed by atoms with van der Waals surface area (Å²) in [5.41, 5.74) is -6.31. The van der Waals surface area contributed by atoms with Crippen LogP contribution in [0.3, 0.4) is 0 Å². The number of amides is 1. The molecular formula is C30H25F10NO3. The van der Waals surface area contributed by atoms with E-state index in [2.05, 4.69) is 0 Å². The monoisotopic (exact) mass is 639 g/mol. The number of benzene rings is 3. The van der Waals surface area contributed by atoms with Gasteiger partial charge in [-0.05, 0) is 71.4 Å². The lowest BCUT2D eigenvalue weighted by atomic mass is 9.91. The van der Waals surface area contributed by atoms with Crippen LogP contribution in [-0.2, 0) is 29.8 Å². The zero-order valence-corrected chi connectivity index (χ0v) is 23.4. The second kappa shape index (κ2) is 11.5. The third-order valence-corrected chi connectivity index (χ3v) is 7.14. The summed E-state index contributed by atoms with van der Waals surface area (Å²) >= 11 is 0. The Kier molecular flexibility index (Phi) is 7.87. The van der Waals surface area contributed by atoms with Gasteiger partial charge in [0, 0.05) is 11.6 Å². The van der Waals surface area contributed by atoms with Crippen molar-refractivity contribution in [2.75, 3.05) is 7.11 Å².